The minimum Gasteiger partial charge on any atom is -0.497 e. The third-order valence-electron chi connectivity index (χ3n) is 6.18. The zero-order valence-corrected chi connectivity index (χ0v) is 19.4. The number of aromatic nitrogens is 1. The van der Waals surface area contributed by atoms with Gasteiger partial charge >= 0.3 is 5.97 Å². The van der Waals surface area contributed by atoms with Crippen LogP contribution in [0.5, 0.6) is 5.75 Å². The Hall–Kier alpha value is -4.07. The molecule has 1 aromatic heterocycles. The van der Waals surface area contributed by atoms with Gasteiger partial charge in [0.25, 0.3) is 11.8 Å². The maximum atomic E-state index is 13.2. The summed E-state index contributed by atoms with van der Waals surface area (Å²) in [5.74, 6) is -0.628. The van der Waals surface area contributed by atoms with Gasteiger partial charge in [0.15, 0.2) is 0 Å². The standard InChI is InChI=1S/C26H27N3O5/c1-17-4-5-18(2)29(17)23-16-20(8-11-22(23)26(32)33)25(31)28-14-12-27(13-15-28)24(30)19-6-9-21(34-3)10-7-19/h4-11,16H,12-15H2,1-3H3,(H,32,33). The maximum Gasteiger partial charge on any atom is 0.337 e. The Morgan fingerprint density at radius 2 is 1.26 bits per heavy atom. The number of amides is 2. The third kappa shape index (κ3) is 4.39. The molecule has 0 unspecified atom stereocenters. The lowest BCUT2D eigenvalue weighted by Crippen LogP contribution is -2.50. The van der Waals surface area contributed by atoms with Crippen molar-refractivity contribution in [3.63, 3.8) is 0 Å². The van der Waals surface area contributed by atoms with Gasteiger partial charge in [-0.2, -0.15) is 0 Å². The summed E-state index contributed by atoms with van der Waals surface area (Å²) >= 11 is 0. The number of piperazine rings is 1. The highest BCUT2D eigenvalue weighted by molar-refractivity contribution is 5.99. The molecule has 34 heavy (non-hydrogen) atoms. The molecule has 1 saturated heterocycles. The second-order valence-electron chi connectivity index (χ2n) is 8.30. The van der Waals surface area contributed by atoms with Crippen LogP contribution in [0, 0.1) is 13.8 Å². The molecule has 1 fully saturated rings. The molecule has 2 amide bonds. The minimum absolute atomic E-state index is 0.0820. The minimum atomic E-state index is -1.05. The van der Waals surface area contributed by atoms with E-state index in [2.05, 4.69) is 0 Å². The van der Waals surface area contributed by atoms with Crippen molar-refractivity contribution in [3.8, 4) is 11.4 Å². The van der Waals surface area contributed by atoms with E-state index in [0.717, 1.165) is 11.4 Å². The molecule has 8 nitrogen and oxygen atoms in total. The Labute approximate surface area is 198 Å². The number of aryl methyl sites for hydroxylation is 2. The van der Waals surface area contributed by atoms with Crippen LogP contribution in [0.4, 0.5) is 0 Å². The maximum absolute atomic E-state index is 13.2. The van der Waals surface area contributed by atoms with E-state index in [4.69, 9.17) is 4.74 Å². The van der Waals surface area contributed by atoms with Crippen molar-refractivity contribution in [2.24, 2.45) is 0 Å². The third-order valence-corrected chi connectivity index (χ3v) is 6.18. The van der Waals surface area contributed by atoms with E-state index in [1.807, 2.05) is 30.5 Å². The van der Waals surface area contributed by atoms with E-state index in [1.165, 1.54) is 6.07 Å². The van der Waals surface area contributed by atoms with Crippen LogP contribution in [0.25, 0.3) is 5.69 Å². The number of methoxy groups -OCH3 is 1. The lowest BCUT2D eigenvalue weighted by Gasteiger charge is -2.35. The fourth-order valence-corrected chi connectivity index (χ4v) is 4.29. The van der Waals surface area contributed by atoms with Crippen molar-refractivity contribution in [3.05, 3.63) is 82.7 Å². The van der Waals surface area contributed by atoms with Gasteiger partial charge in [-0.05, 0) is 68.4 Å². The van der Waals surface area contributed by atoms with E-state index in [0.29, 0.717) is 48.7 Å². The highest BCUT2D eigenvalue weighted by atomic mass is 16.5. The van der Waals surface area contributed by atoms with E-state index >= 15 is 0 Å². The Kier molecular flexibility index (Phi) is 6.40. The predicted molar refractivity (Wildman–Crippen MR) is 127 cm³/mol. The van der Waals surface area contributed by atoms with Gasteiger partial charge < -0.3 is 24.2 Å². The molecule has 0 radical (unpaired) electrons. The quantitative estimate of drug-likeness (QED) is 0.629. The summed E-state index contributed by atoms with van der Waals surface area (Å²) in [6, 6.07) is 15.5. The molecule has 2 aromatic carbocycles. The highest BCUT2D eigenvalue weighted by Gasteiger charge is 2.26. The summed E-state index contributed by atoms with van der Waals surface area (Å²) in [6.07, 6.45) is 0. The van der Waals surface area contributed by atoms with Gasteiger partial charge in [0, 0.05) is 48.7 Å². The molecular formula is C26H27N3O5. The lowest BCUT2D eigenvalue weighted by atomic mass is 10.1. The van der Waals surface area contributed by atoms with Crippen molar-refractivity contribution >= 4 is 17.8 Å². The number of aromatic carboxylic acids is 1. The Morgan fingerprint density at radius 3 is 1.76 bits per heavy atom. The van der Waals surface area contributed by atoms with Crippen LogP contribution in [0.1, 0.15) is 42.5 Å². The average molecular weight is 462 g/mol. The number of nitrogens with zero attached hydrogens (tertiary/aromatic N) is 3. The molecule has 0 saturated carbocycles. The van der Waals surface area contributed by atoms with Crippen LogP contribution in [-0.2, 0) is 0 Å². The van der Waals surface area contributed by atoms with Gasteiger partial charge in [0.1, 0.15) is 5.75 Å². The van der Waals surface area contributed by atoms with Gasteiger partial charge in [-0.1, -0.05) is 0 Å². The van der Waals surface area contributed by atoms with Crippen molar-refractivity contribution < 1.29 is 24.2 Å². The summed E-state index contributed by atoms with van der Waals surface area (Å²) in [5, 5.41) is 9.68. The van der Waals surface area contributed by atoms with Gasteiger partial charge in [0.05, 0.1) is 18.4 Å². The van der Waals surface area contributed by atoms with Gasteiger partial charge in [-0.3, -0.25) is 9.59 Å². The molecule has 0 bridgehead atoms. The molecule has 4 rings (SSSR count). The normalized spacial score (nSPS) is 13.6. The molecular weight excluding hydrogens is 434 g/mol. The number of carbonyl (C=O) groups is 3. The van der Waals surface area contributed by atoms with Crippen LogP contribution in [-0.4, -0.2) is 70.5 Å². The number of carboxylic acid groups (broad SMARTS) is 1. The first kappa shape index (κ1) is 23.1. The molecule has 0 atom stereocenters. The molecule has 8 heteroatoms. The van der Waals surface area contributed by atoms with Crippen LogP contribution in [0.15, 0.2) is 54.6 Å². The predicted octanol–water partition coefficient (Wildman–Crippen LogP) is 3.40. The van der Waals surface area contributed by atoms with Gasteiger partial charge in [-0.25, -0.2) is 4.79 Å². The number of carboxylic acids is 1. The zero-order valence-electron chi connectivity index (χ0n) is 19.4. The smallest absolute Gasteiger partial charge is 0.337 e. The first-order chi connectivity index (χ1) is 16.3. The molecule has 1 N–H and O–H groups in total. The molecule has 3 aromatic rings. The van der Waals surface area contributed by atoms with E-state index in [9.17, 15) is 19.5 Å². The molecule has 0 aliphatic carbocycles. The van der Waals surface area contributed by atoms with Crippen molar-refractivity contribution in [1.29, 1.82) is 0 Å². The highest BCUT2D eigenvalue weighted by Crippen LogP contribution is 2.23. The summed E-state index contributed by atoms with van der Waals surface area (Å²) in [7, 11) is 1.58. The van der Waals surface area contributed by atoms with Gasteiger partial charge in [-0.15, -0.1) is 0 Å². The Morgan fingerprint density at radius 1 is 0.765 bits per heavy atom. The fraction of sp³-hybridized carbons (Fsp3) is 0.269. The lowest BCUT2D eigenvalue weighted by molar-refractivity contribution is 0.0535. The Bertz CT molecular complexity index is 1220. The zero-order chi connectivity index (χ0) is 24.4. The number of ether oxygens (including phenoxy) is 1. The molecule has 0 spiro atoms. The summed E-state index contributed by atoms with van der Waals surface area (Å²) < 4.78 is 6.98. The molecule has 176 valence electrons. The van der Waals surface area contributed by atoms with Crippen LogP contribution >= 0.6 is 0 Å². The van der Waals surface area contributed by atoms with Crippen LogP contribution in [0.2, 0.25) is 0 Å². The number of benzene rings is 2. The first-order valence-corrected chi connectivity index (χ1v) is 11.1. The Balaban J connectivity index is 1.50. The fourth-order valence-electron chi connectivity index (χ4n) is 4.29. The number of rotatable bonds is 5. The van der Waals surface area contributed by atoms with E-state index in [1.54, 1.807) is 53.3 Å². The van der Waals surface area contributed by atoms with Crippen molar-refractivity contribution in [2.45, 2.75) is 13.8 Å². The summed E-state index contributed by atoms with van der Waals surface area (Å²) in [4.78, 5) is 41.3. The molecule has 1 aliphatic heterocycles. The SMILES string of the molecule is COc1ccc(C(=O)N2CCN(C(=O)c3ccc(C(=O)O)c(-n4c(C)ccc4C)c3)CC2)cc1. The monoisotopic (exact) mass is 461 g/mol. The van der Waals surface area contributed by atoms with E-state index in [-0.39, 0.29) is 17.4 Å². The largest absolute Gasteiger partial charge is 0.497 e. The molecule has 2 heterocycles. The van der Waals surface area contributed by atoms with Crippen molar-refractivity contribution in [2.75, 3.05) is 33.3 Å². The second-order valence-corrected chi connectivity index (χ2v) is 8.30. The number of carbonyl (C=O) groups excluding carboxylic acids is 2. The first-order valence-electron chi connectivity index (χ1n) is 11.1. The summed E-state index contributed by atoms with van der Waals surface area (Å²) in [6.45, 7) is 5.44. The topological polar surface area (TPSA) is 92.1 Å². The second kappa shape index (κ2) is 9.43. The number of hydrogen-bond donors (Lipinski definition) is 1. The summed E-state index contributed by atoms with van der Waals surface area (Å²) in [5.41, 5.74) is 3.36. The molecule has 1 aliphatic rings. The number of hydrogen-bond acceptors (Lipinski definition) is 4. The van der Waals surface area contributed by atoms with E-state index < -0.39 is 5.97 Å². The van der Waals surface area contributed by atoms with Crippen LogP contribution < -0.4 is 4.74 Å². The average Bonchev–Trinajstić information content (AvgIpc) is 3.20. The van der Waals surface area contributed by atoms with Crippen molar-refractivity contribution in [1.82, 2.24) is 14.4 Å². The van der Waals surface area contributed by atoms with Gasteiger partial charge in [0.2, 0.25) is 0 Å². The van der Waals surface area contributed by atoms with Crippen LogP contribution in [0.3, 0.4) is 0 Å².